The molecule has 0 amide bonds. The van der Waals surface area contributed by atoms with Gasteiger partial charge in [-0.05, 0) is 25.5 Å². The molecule has 1 aliphatic rings. The van der Waals surface area contributed by atoms with Crippen LogP contribution in [0.3, 0.4) is 0 Å². The van der Waals surface area contributed by atoms with Crippen LogP contribution in [0.5, 0.6) is 0 Å². The minimum atomic E-state index is -0.815. The molecule has 114 valence electrons. The van der Waals surface area contributed by atoms with E-state index in [1.54, 1.807) is 6.07 Å². The van der Waals surface area contributed by atoms with Gasteiger partial charge in [-0.1, -0.05) is 6.92 Å². The predicted octanol–water partition coefficient (Wildman–Crippen LogP) is 1.34. The monoisotopic (exact) mass is 294 g/mol. The second-order valence-electron chi connectivity index (χ2n) is 5.08. The van der Waals surface area contributed by atoms with Gasteiger partial charge in [-0.3, -0.25) is 19.8 Å². The molecule has 0 atom stereocenters. The van der Waals surface area contributed by atoms with Gasteiger partial charge in [-0.25, -0.2) is 4.98 Å². The van der Waals surface area contributed by atoms with Crippen LogP contribution in [0.15, 0.2) is 18.3 Å². The lowest BCUT2D eigenvalue weighted by molar-refractivity contribution is -0.385. The summed E-state index contributed by atoms with van der Waals surface area (Å²) in [4.78, 5) is 26.7. The first kappa shape index (κ1) is 15.2. The Bertz CT molecular complexity index is 513. The molecule has 0 spiro atoms. The number of carboxylic acid groups (broad SMARTS) is 1. The second-order valence-corrected chi connectivity index (χ2v) is 5.08. The molecule has 8 heteroatoms. The average Bonchev–Trinajstić information content (AvgIpc) is 2.40. The zero-order valence-corrected chi connectivity index (χ0v) is 11.7. The molecule has 21 heavy (non-hydrogen) atoms. The first-order chi connectivity index (χ1) is 9.99. The number of nitro groups is 1. The summed E-state index contributed by atoms with van der Waals surface area (Å²) < 4.78 is 0. The standard InChI is InChI=1S/C13H18N4O4/c1-2-16(8-13(18)19)11-5-9(6-11)15-12-4-3-10(7-14-12)17(20)21/h3-4,7,9,11H,2,5-6,8H2,1H3,(H,14,15)(H,18,19). The summed E-state index contributed by atoms with van der Waals surface area (Å²) >= 11 is 0. The van der Waals surface area contributed by atoms with Crippen LogP contribution in [0.25, 0.3) is 0 Å². The molecule has 0 aliphatic heterocycles. The van der Waals surface area contributed by atoms with Gasteiger partial charge >= 0.3 is 5.97 Å². The van der Waals surface area contributed by atoms with E-state index in [1.807, 2.05) is 11.8 Å². The lowest BCUT2D eigenvalue weighted by Gasteiger charge is -2.42. The number of aliphatic carboxylic acids is 1. The highest BCUT2D eigenvalue weighted by Gasteiger charge is 2.33. The molecule has 1 aromatic rings. The number of nitrogens with one attached hydrogen (secondary N) is 1. The van der Waals surface area contributed by atoms with E-state index in [0.29, 0.717) is 12.4 Å². The number of rotatable bonds is 7. The van der Waals surface area contributed by atoms with Gasteiger partial charge in [0.25, 0.3) is 5.69 Å². The Morgan fingerprint density at radius 2 is 2.29 bits per heavy atom. The number of carboxylic acids is 1. The van der Waals surface area contributed by atoms with Crippen LogP contribution in [0.2, 0.25) is 0 Å². The molecule has 8 nitrogen and oxygen atoms in total. The molecule has 1 aromatic heterocycles. The van der Waals surface area contributed by atoms with Crippen molar-refractivity contribution in [1.29, 1.82) is 0 Å². The zero-order valence-electron chi connectivity index (χ0n) is 11.7. The van der Waals surface area contributed by atoms with Crippen LogP contribution in [0, 0.1) is 10.1 Å². The summed E-state index contributed by atoms with van der Waals surface area (Å²) in [5, 5.41) is 22.6. The average molecular weight is 294 g/mol. The van der Waals surface area contributed by atoms with Crippen molar-refractivity contribution < 1.29 is 14.8 Å². The third-order valence-corrected chi connectivity index (χ3v) is 3.68. The van der Waals surface area contributed by atoms with Gasteiger partial charge in [0, 0.05) is 18.2 Å². The quantitative estimate of drug-likeness (QED) is 0.577. The number of hydrogen-bond donors (Lipinski definition) is 2. The van der Waals surface area contributed by atoms with Crippen molar-refractivity contribution in [2.45, 2.75) is 31.8 Å². The van der Waals surface area contributed by atoms with Crippen molar-refractivity contribution in [2.75, 3.05) is 18.4 Å². The molecule has 1 saturated carbocycles. The molecule has 0 aromatic carbocycles. The molecule has 0 bridgehead atoms. The maximum absolute atomic E-state index is 10.8. The maximum atomic E-state index is 10.8. The fraction of sp³-hybridized carbons (Fsp3) is 0.538. The molecular weight excluding hydrogens is 276 g/mol. The third kappa shape index (κ3) is 3.88. The molecule has 0 saturated heterocycles. The number of pyridine rings is 1. The highest BCUT2D eigenvalue weighted by molar-refractivity contribution is 5.69. The SMILES string of the molecule is CCN(CC(=O)O)C1CC(Nc2ccc([N+](=O)[O-])cn2)C1. The van der Waals surface area contributed by atoms with Crippen molar-refractivity contribution in [3.05, 3.63) is 28.4 Å². The van der Waals surface area contributed by atoms with Crippen LogP contribution in [0.4, 0.5) is 11.5 Å². The van der Waals surface area contributed by atoms with Crippen molar-refractivity contribution in [3.63, 3.8) is 0 Å². The largest absolute Gasteiger partial charge is 0.480 e. The Hall–Kier alpha value is -2.22. The van der Waals surface area contributed by atoms with Gasteiger partial charge in [-0.15, -0.1) is 0 Å². The Labute approximate surface area is 121 Å². The van der Waals surface area contributed by atoms with Crippen LogP contribution >= 0.6 is 0 Å². The minimum Gasteiger partial charge on any atom is -0.480 e. The molecule has 2 N–H and O–H groups in total. The van der Waals surface area contributed by atoms with E-state index in [4.69, 9.17) is 5.11 Å². The van der Waals surface area contributed by atoms with Crippen molar-refractivity contribution in [3.8, 4) is 0 Å². The maximum Gasteiger partial charge on any atom is 0.317 e. The summed E-state index contributed by atoms with van der Waals surface area (Å²) in [6, 6.07) is 3.49. The molecule has 2 rings (SSSR count). The number of anilines is 1. The van der Waals surface area contributed by atoms with Crippen LogP contribution in [-0.4, -0.2) is 51.1 Å². The summed E-state index contributed by atoms with van der Waals surface area (Å²) in [6.45, 7) is 2.71. The summed E-state index contributed by atoms with van der Waals surface area (Å²) in [5.41, 5.74) is -0.0364. The van der Waals surface area contributed by atoms with Crippen molar-refractivity contribution in [2.24, 2.45) is 0 Å². The highest BCUT2D eigenvalue weighted by atomic mass is 16.6. The number of nitrogens with zero attached hydrogens (tertiary/aromatic N) is 3. The number of carbonyl (C=O) groups is 1. The second kappa shape index (κ2) is 6.49. The van der Waals surface area contributed by atoms with Gasteiger partial charge in [0.05, 0.1) is 11.5 Å². The normalized spacial score (nSPS) is 20.9. The molecule has 0 radical (unpaired) electrons. The van der Waals surface area contributed by atoms with Crippen LogP contribution in [-0.2, 0) is 4.79 Å². The topological polar surface area (TPSA) is 109 Å². The Balaban J connectivity index is 1.82. The summed E-state index contributed by atoms with van der Waals surface area (Å²) in [7, 11) is 0. The minimum absolute atomic E-state index is 0.0364. The molecule has 1 heterocycles. The number of hydrogen-bond acceptors (Lipinski definition) is 6. The third-order valence-electron chi connectivity index (χ3n) is 3.68. The van der Waals surface area contributed by atoms with Gasteiger partial charge in [-0.2, -0.15) is 0 Å². The molecule has 0 unspecified atom stereocenters. The summed E-state index contributed by atoms with van der Waals surface area (Å²) in [6.07, 6.45) is 2.92. The van der Waals surface area contributed by atoms with Crippen molar-refractivity contribution >= 4 is 17.5 Å². The first-order valence-corrected chi connectivity index (χ1v) is 6.82. The lowest BCUT2D eigenvalue weighted by Crippen LogP contribution is -2.51. The zero-order chi connectivity index (χ0) is 15.4. The van der Waals surface area contributed by atoms with E-state index in [2.05, 4.69) is 10.3 Å². The van der Waals surface area contributed by atoms with Crippen molar-refractivity contribution in [1.82, 2.24) is 9.88 Å². The molecule has 1 fully saturated rings. The van der Waals surface area contributed by atoms with E-state index in [-0.39, 0.29) is 24.3 Å². The van der Waals surface area contributed by atoms with E-state index in [9.17, 15) is 14.9 Å². The van der Waals surface area contributed by atoms with E-state index in [0.717, 1.165) is 12.8 Å². The lowest BCUT2D eigenvalue weighted by atomic mass is 9.85. The summed E-state index contributed by atoms with van der Waals surface area (Å²) in [5.74, 6) is -0.212. The fourth-order valence-electron chi connectivity index (χ4n) is 2.47. The number of likely N-dealkylation sites (N-methyl/N-ethyl adjacent to an activating group) is 1. The van der Waals surface area contributed by atoms with Gasteiger partial charge < -0.3 is 10.4 Å². The number of aromatic nitrogens is 1. The fourth-order valence-corrected chi connectivity index (χ4v) is 2.47. The van der Waals surface area contributed by atoms with E-state index < -0.39 is 10.9 Å². The van der Waals surface area contributed by atoms with Crippen LogP contribution < -0.4 is 5.32 Å². The first-order valence-electron chi connectivity index (χ1n) is 6.82. The van der Waals surface area contributed by atoms with Gasteiger partial charge in [0.2, 0.25) is 0 Å². The highest BCUT2D eigenvalue weighted by Crippen LogP contribution is 2.28. The van der Waals surface area contributed by atoms with E-state index >= 15 is 0 Å². The van der Waals surface area contributed by atoms with Gasteiger partial charge in [0.1, 0.15) is 12.0 Å². The Kier molecular flexibility index (Phi) is 4.69. The van der Waals surface area contributed by atoms with Crippen LogP contribution in [0.1, 0.15) is 19.8 Å². The molecule has 1 aliphatic carbocycles. The Morgan fingerprint density at radius 3 is 2.76 bits per heavy atom. The molecular formula is C13H18N4O4. The predicted molar refractivity (Wildman–Crippen MR) is 76.2 cm³/mol. The van der Waals surface area contributed by atoms with E-state index in [1.165, 1.54) is 12.3 Å². The Morgan fingerprint density at radius 1 is 1.57 bits per heavy atom. The van der Waals surface area contributed by atoms with Gasteiger partial charge in [0.15, 0.2) is 0 Å². The smallest absolute Gasteiger partial charge is 0.317 e.